The van der Waals surface area contributed by atoms with E-state index in [1.54, 1.807) is 0 Å². The summed E-state index contributed by atoms with van der Waals surface area (Å²) in [6.07, 6.45) is 1.66. The molecule has 0 saturated heterocycles. The molecule has 0 aliphatic carbocycles. The molecule has 0 fully saturated rings. The number of ether oxygens (including phenoxy) is 1. The lowest BCUT2D eigenvalue weighted by Crippen LogP contribution is -2.32. The third-order valence-electron chi connectivity index (χ3n) is 2.94. The average Bonchev–Trinajstić information content (AvgIpc) is 2.20. The van der Waals surface area contributed by atoms with Gasteiger partial charge < -0.3 is 10.1 Å². The van der Waals surface area contributed by atoms with Crippen LogP contribution in [0.1, 0.15) is 68.2 Å². The van der Waals surface area contributed by atoms with E-state index in [2.05, 4.69) is 60.7 Å². The van der Waals surface area contributed by atoms with Crippen LogP contribution >= 0.6 is 0 Å². The Morgan fingerprint density at radius 1 is 1.05 bits per heavy atom. The highest BCUT2D eigenvalue weighted by atomic mass is 16.5. The molecule has 0 bridgehead atoms. The van der Waals surface area contributed by atoms with Gasteiger partial charge in [-0.15, -0.1) is 0 Å². The zero-order chi connectivity index (χ0) is 16.0. The van der Waals surface area contributed by atoms with Crippen molar-refractivity contribution >= 4 is 5.91 Å². The van der Waals surface area contributed by atoms with Crippen molar-refractivity contribution in [2.75, 3.05) is 13.2 Å². The van der Waals surface area contributed by atoms with Crippen molar-refractivity contribution < 1.29 is 9.53 Å². The van der Waals surface area contributed by atoms with Crippen LogP contribution in [-0.4, -0.2) is 24.7 Å². The van der Waals surface area contributed by atoms with Crippen LogP contribution in [0, 0.1) is 17.3 Å². The summed E-state index contributed by atoms with van der Waals surface area (Å²) in [5.41, 5.74) is -0.0143. The Morgan fingerprint density at radius 3 is 2.05 bits per heavy atom. The summed E-state index contributed by atoms with van der Waals surface area (Å²) in [5, 5.41) is 3.04. The Bertz CT molecular complexity index is 286. The minimum absolute atomic E-state index is 0.0567. The van der Waals surface area contributed by atoms with Crippen molar-refractivity contribution in [3.05, 3.63) is 0 Å². The van der Waals surface area contributed by atoms with Gasteiger partial charge in [0.05, 0.1) is 5.60 Å². The smallest absolute Gasteiger partial charge is 0.220 e. The van der Waals surface area contributed by atoms with Gasteiger partial charge in [0.1, 0.15) is 0 Å². The van der Waals surface area contributed by atoms with E-state index < -0.39 is 0 Å². The minimum Gasteiger partial charge on any atom is -0.376 e. The zero-order valence-corrected chi connectivity index (χ0v) is 14.8. The van der Waals surface area contributed by atoms with Gasteiger partial charge in [-0.3, -0.25) is 4.79 Å². The van der Waals surface area contributed by atoms with Gasteiger partial charge in [0.2, 0.25) is 5.91 Å². The molecule has 0 rings (SSSR count). The van der Waals surface area contributed by atoms with E-state index in [1.807, 2.05) is 0 Å². The molecule has 0 heterocycles. The highest BCUT2D eigenvalue weighted by Gasteiger charge is 2.17. The summed E-state index contributed by atoms with van der Waals surface area (Å²) in [4.78, 5) is 11.8. The lowest BCUT2D eigenvalue weighted by Gasteiger charge is -2.24. The average molecular weight is 285 g/mol. The standard InChI is InChI=1S/C17H35NO2/c1-13(9-14(2)12-20-17(6,7)8)11-18-15(19)10-16(3,4)5/h13-14H,9-12H2,1-8H3,(H,18,19). The Labute approximate surface area is 125 Å². The molecule has 0 spiro atoms. The third kappa shape index (κ3) is 12.5. The number of hydrogen-bond acceptors (Lipinski definition) is 2. The quantitative estimate of drug-likeness (QED) is 0.767. The zero-order valence-electron chi connectivity index (χ0n) is 14.8. The molecule has 0 aromatic carbocycles. The molecular weight excluding hydrogens is 250 g/mol. The SMILES string of the molecule is CC(CNC(=O)CC(C)(C)C)CC(C)COC(C)(C)C. The minimum atomic E-state index is -0.0710. The van der Waals surface area contributed by atoms with Gasteiger partial charge >= 0.3 is 0 Å². The van der Waals surface area contributed by atoms with E-state index in [9.17, 15) is 4.79 Å². The molecule has 2 atom stereocenters. The fourth-order valence-electron chi connectivity index (χ4n) is 2.06. The van der Waals surface area contributed by atoms with Crippen molar-refractivity contribution in [2.45, 2.75) is 73.8 Å². The molecule has 20 heavy (non-hydrogen) atoms. The van der Waals surface area contributed by atoms with E-state index in [-0.39, 0.29) is 16.9 Å². The van der Waals surface area contributed by atoms with Gasteiger partial charge in [-0.2, -0.15) is 0 Å². The molecule has 1 amide bonds. The topological polar surface area (TPSA) is 38.3 Å². The lowest BCUT2D eigenvalue weighted by molar-refractivity contribution is -0.123. The summed E-state index contributed by atoms with van der Waals surface area (Å²) < 4.78 is 5.80. The Kier molecular flexibility index (Phi) is 7.79. The van der Waals surface area contributed by atoms with Gasteiger partial charge in [0, 0.05) is 19.6 Å². The first-order valence-electron chi connectivity index (χ1n) is 7.80. The Balaban J connectivity index is 3.88. The van der Waals surface area contributed by atoms with Crippen molar-refractivity contribution in [2.24, 2.45) is 17.3 Å². The van der Waals surface area contributed by atoms with Gasteiger partial charge in [-0.1, -0.05) is 34.6 Å². The van der Waals surface area contributed by atoms with Gasteiger partial charge in [0.15, 0.2) is 0 Å². The molecule has 3 heteroatoms. The molecule has 1 N–H and O–H groups in total. The van der Waals surface area contributed by atoms with Crippen molar-refractivity contribution in [1.29, 1.82) is 0 Å². The molecular formula is C17H35NO2. The predicted molar refractivity (Wildman–Crippen MR) is 85.7 cm³/mol. The normalized spacial score (nSPS) is 15.8. The number of carbonyl (C=O) groups is 1. The first-order chi connectivity index (χ1) is 8.89. The second kappa shape index (κ2) is 8.02. The molecule has 0 aromatic rings. The van der Waals surface area contributed by atoms with E-state index in [4.69, 9.17) is 4.74 Å². The van der Waals surface area contributed by atoms with Crippen LogP contribution in [0.15, 0.2) is 0 Å². The summed E-state index contributed by atoms with van der Waals surface area (Å²) in [6.45, 7) is 18.4. The summed E-state index contributed by atoms with van der Waals surface area (Å²) in [6, 6.07) is 0. The van der Waals surface area contributed by atoms with Crippen LogP contribution in [0.2, 0.25) is 0 Å². The number of amides is 1. The first-order valence-corrected chi connectivity index (χ1v) is 7.80. The summed E-state index contributed by atoms with van der Waals surface area (Å²) in [5.74, 6) is 1.16. The maximum atomic E-state index is 11.8. The Morgan fingerprint density at radius 2 is 1.60 bits per heavy atom. The fraction of sp³-hybridized carbons (Fsp3) is 0.941. The fourth-order valence-corrected chi connectivity index (χ4v) is 2.06. The molecule has 0 radical (unpaired) electrons. The highest BCUT2D eigenvalue weighted by Crippen LogP contribution is 2.18. The number of carbonyl (C=O) groups excluding carboxylic acids is 1. The molecule has 0 aliphatic heterocycles. The summed E-state index contributed by atoms with van der Waals surface area (Å²) in [7, 11) is 0. The van der Waals surface area contributed by atoms with Gasteiger partial charge in [0.25, 0.3) is 0 Å². The number of rotatable bonds is 7. The van der Waals surface area contributed by atoms with Crippen LogP contribution in [0.3, 0.4) is 0 Å². The van der Waals surface area contributed by atoms with Crippen molar-refractivity contribution in [1.82, 2.24) is 5.32 Å². The van der Waals surface area contributed by atoms with E-state index >= 15 is 0 Å². The summed E-state index contributed by atoms with van der Waals surface area (Å²) >= 11 is 0. The third-order valence-corrected chi connectivity index (χ3v) is 2.94. The second-order valence-electron chi connectivity index (χ2n) is 8.41. The largest absolute Gasteiger partial charge is 0.376 e. The van der Waals surface area contributed by atoms with Crippen molar-refractivity contribution in [3.8, 4) is 0 Å². The molecule has 2 unspecified atom stereocenters. The highest BCUT2D eigenvalue weighted by molar-refractivity contribution is 5.76. The first kappa shape index (κ1) is 19.4. The predicted octanol–water partition coefficient (Wildman–Crippen LogP) is 4.02. The maximum absolute atomic E-state index is 11.8. The number of hydrogen-bond donors (Lipinski definition) is 1. The number of nitrogens with one attached hydrogen (secondary N) is 1. The van der Waals surface area contributed by atoms with Gasteiger partial charge in [-0.25, -0.2) is 0 Å². The van der Waals surface area contributed by atoms with Gasteiger partial charge in [-0.05, 0) is 44.4 Å². The van der Waals surface area contributed by atoms with E-state index in [1.165, 1.54) is 0 Å². The van der Waals surface area contributed by atoms with Crippen LogP contribution in [0.25, 0.3) is 0 Å². The van der Waals surface area contributed by atoms with E-state index in [0.717, 1.165) is 19.6 Å². The Hall–Kier alpha value is -0.570. The van der Waals surface area contributed by atoms with Crippen LogP contribution in [0.4, 0.5) is 0 Å². The molecule has 3 nitrogen and oxygen atoms in total. The lowest BCUT2D eigenvalue weighted by atomic mass is 9.91. The molecule has 0 aromatic heterocycles. The van der Waals surface area contributed by atoms with Crippen LogP contribution in [0.5, 0.6) is 0 Å². The second-order valence-corrected chi connectivity index (χ2v) is 8.41. The van der Waals surface area contributed by atoms with Crippen molar-refractivity contribution in [3.63, 3.8) is 0 Å². The van der Waals surface area contributed by atoms with E-state index in [0.29, 0.717) is 18.3 Å². The van der Waals surface area contributed by atoms with Crippen LogP contribution < -0.4 is 5.32 Å². The molecule has 120 valence electrons. The maximum Gasteiger partial charge on any atom is 0.220 e. The van der Waals surface area contributed by atoms with Crippen LogP contribution in [-0.2, 0) is 9.53 Å². The molecule has 0 saturated carbocycles. The monoisotopic (exact) mass is 285 g/mol. The molecule has 0 aliphatic rings.